The number of aryl methyl sites for hydroxylation is 2. The van der Waals surface area contributed by atoms with Crippen LogP contribution in [0.15, 0.2) is 231 Å². The highest BCUT2D eigenvalue weighted by Crippen LogP contribution is 2.42. The fraction of sp³-hybridized carbons (Fsp3) is 0.0294. The number of benzene rings is 9. The van der Waals surface area contributed by atoms with Gasteiger partial charge in [0.1, 0.15) is 11.6 Å². The topological polar surface area (TPSA) is 124 Å². The zero-order chi connectivity index (χ0) is 52.3. The van der Waals surface area contributed by atoms with Gasteiger partial charge in [-0.25, -0.2) is 29.9 Å². The molecule has 9 aromatic carbocycles. The zero-order valence-corrected chi connectivity index (χ0v) is 42.4. The summed E-state index contributed by atoms with van der Waals surface area (Å²) in [6.07, 6.45) is 0. The lowest BCUT2D eigenvalue weighted by molar-refractivity contribution is 1.07. The third-order valence-corrected chi connectivity index (χ3v) is 14.4. The first kappa shape index (κ1) is 45.8. The first-order chi connectivity index (χ1) is 38.4. The van der Waals surface area contributed by atoms with E-state index in [4.69, 9.17) is 34.9 Å². The average Bonchev–Trinajstić information content (AvgIpc) is 4.01. The summed E-state index contributed by atoms with van der Waals surface area (Å²) < 4.78 is 4.47. The second-order valence-electron chi connectivity index (χ2n) is 19.4. The molecule has 78 heavy (non-hydrogen) atoms. The molecule has 0 unspecified atom stereocenters. The van der Waals surface area contributed by atoms with Crippen molar-refractivity contribution >= 4 is 43.6 Å². The van der Waals surface area contributed by atoms with Gasteiger partial charge in [0.15, 0.2) is 34.9 Å². The van der Waals surface area contributed by atoms with E-state index in [1.807, 2.05) is 135 Å². The minimum Gasteiger partial charge on any atom is -0.308 e. The van der Waals surface area contributed by atoms with E-state index in [0.717, 1.165) is 99.5 Å². The molecule has 5 aromatic heterocycles. The van der Waals surface area contributed by atoms with E-state index in [1.54, 1.807) is 0 Å². The Hall–Kier alpha value is -10.8. The summed E-state index contributed by atoms with van der Waals surface area (Å²) in [4.78, 5) is 35.3. The summed E-state index contributed by atoms with van der Waals surface area (Å²) in [6.45, 7) is 4.04. The molecule has 14 rings (SSSR count). The van der Waals surface area contributed by atoms with Crippen molar-refractivity contribution in [3.8, 4) is 96.9 Å². The van der Waals surface area contributed by atoms with Crippen LogP contribution < -0.4 is 0 Å². The van der Waals surface area contributed by atoms with Crippen LogP contribution in [0.5, 0.6) is 0 Å². The average molecular weight is 1000 g/mol. The quantitative estimate of drug-likeness (QED) is 0.140. The van der Waals surface area contributed by atoms with E-state index in [9.17, 15) is 5.26 Å². The molecule has 0 saturated carbocycles. The molecule has 0 radical (unpaired) electrons. The molecule has 0 aliphatic heterocycles. The predicted octanol–water partition coefficient (Wildman–Crippen LogP) is 15.8. The highest BCUT2D eigenvalue weighted by molar-refractivity contribution is 6.12. The smallest absolute Gasteiger partial charge is 0.164 e. The maximum atomic E-state index is 11.9. The third kappa shape index (κ3) is 8.02. The summed E-state index contributed by atoms with van der Waals surface area (Å²) in [6, 6.07) is 80.9. The minimum atomic E-state index is 0.484. The molecule has 0 amide bonds. The second-order valence-corrected chi connectivity index (χ2v) is 19.4. The Morgan fingerprint density at radius 3 is 0.949 bits per heavy atom. The number of aromatic nitrogens is 9. The first-order valence-electron chi connectivity index (χ1n) is 25.8. The van der Waals surface area contributed by atoms with Crippen molar-refractivity contribution in [1.82, 2.24) is 44.0 Å². The summed E-state index contributed by atoms with van der Waals surface area (Å²) in [5.41, 5.74) is 14.4. The Bertz CT molecular complexity index is 4290. The largest absolute Gasteiger partial charge is 0.308 e. The highest BCUT2D eigenvalue weighted by Gasteiger charge is 2.25. The molecule has 366 valence electrons. The van der Waals surface area contributed by atoms with Crippen LogP contribution in [0.1, 0.15) is 17.0 Å². The molecule has 0 fully saturated rings. The summed E-state index contributed by atoms with van der Waals surface area (Å²) >= 11 is 0. The monoisotopic (exact) mass is 1000 g/mol. The van der Waals surface area contributed by atoms with E-state index >= 15 is 0 Å². The fourth-order valence-corrected chi connectivity index (χ4v) is 10.9. The van der Waals surface area contributed by atoms with Gasteiger partial charge in [0.25, 0.3) is 0 Å². The lowest BCUT2D eigenvalue weighted by atomic mass is 9.99. The van der Waals surface area contributed by atoms with Crippen LogP contribution in [-0.4, -0.2) is 44.0 Å². The van der Waals surface area contributed by atoms with Crippen molar-refractivity contribution < 1.29 is 0 Å². The molecular formula is C68H44N10. The van der Waals surface area contributed by atoms with E-state index in [1.165, 1.54) is 0 Å². The molecule has 0 bridgehead atoms. The third-order valence-electron chi connectivity index (χ3n) is 14.4. The van der Waals surface area contributed by atoms with Gasteiger partial charge in [-0.15, -0.1) is 0 Å². The van der Waals surface area contributed by atoms with Gasteiger partial charge in [0.05, 0.1) is 33.4 Å². The zero-order valence-electron chi connectivity index (χ0n) is 42.4. The first-order valence-corrected chi connectivity index (χ1v) is 25.8. The lowest BCUT2D eigenvalue weighted by Crippen LogP contribution is -2.06. The summed E-state index contributed by atoms with van der Waals surface area (Å²) in [5, 5.41) is 16.0. The van der Waals surface area contributed by atoms with Gasteiger partial charge < -0.3 is 9.13 Å². The van der Waals surface area contributed by atoms with Gasteiger partial charge in [-0.2, -0.15) is 5.26 Å². The van der Waals surface area contributed by atoms with Crippen molar-refractivity contribution in [2.24, 2.45) is 0 Å². The van der Waals surface area contributed by atoms with Crippen LogP contribution in [0.25, 0.3) is 134 Å². The number of hydrogen-bond donors (Lipinski definition) is 0. The number of nitriles is 1. The molecule has 5 heterocycles. The number of nitrogens with zero attached hydrogens (tertiary/aromatic N) is 10. The molecule has 0 N–H and O–H groups in total. The van der Waals surface area contributed by atoms with Crippen molar-refractivity contribution in [2.45, 2.75) is 13.8 Å². The lowest BCUT2D eigenvalue weighted by Gasteiger charge is -2.19. The van der Waals surface area contributed by atoms with E-state index in [2.05, 4.69) is 124 Å². The number of rotatable bonds is 9. The Balaban J connectivity index is 1.04. The SMILES string of the molecule is Cc1cc(-c2cc(-n3c4ccccc4c4ccc(-c5nc(-c6ccccc6)nc(-c6ccccc6)n5)cc43)c(C#N)c(-n3c4ccccc4c4ccc(-c5nc(-c6ccccc6)nc(-c6ccccc6)n5)cc43)c2)cc(C)n1. The summed E-state index contributed by atoms with van der Waals surface area (Å²) in [7, 11) is 0. The maximum absolute atomic E-state index is 11.9. The fourth-order valence-electron chi connectivity index (χ4n) is 10.9. The molecule has 0 atom stereocenters. The Kier molecular flexibility index (Phi) is 11.1. The molecule has 0 aliphatic rings. The summed E-state index contributed by atoms with van der Waals surface area (Å²) in [5.74, 6) is 3.36. The van der Waals surface area contributed by atoms with Gasteiger partial charge in [-0.1, -0.05) is 182 Å². The molecule has 0 spiro atoms. The molecule has 10 nitrogen and oxygen atoms in total. The van der Waals surface area contributed by atoms with Crippen LogP contribution in [0, 0.1) is 25.2 Å². The van der Waals surface area contributed by atoms with Crippen molar-refractivity contribution in [2.75, 3.05) is 0 Å². The van der Waals surface area contributed by atoms with Crippen molar-refractivity contribution in [3.63, 3.8) is 0 Å². The van der Waals surface area contributed by atoms with Gasteiger partial charge in [0.2, 0.25) is 0 Å². The minimum absolute atomic E-state index is 0.484. The van der Waals surface area contributed by atoms with Gasteiger partial charge in [-0.05, 0) is 73.5 Å². The van der Waals surface area contributed by atoms with Crippen molar-refractivity contribution in [1.29, 1.82) is 5.26 Å². The van der Waals surface area contributed by atoms with E-state index < -0.39 is 0 Å². The molecule has 0 aliphatic carbocycles. The second kappa shape index (κ2) is 18.9. The van der Waals surface area contributed by atoms with Crippen molar-refractivity contribution in [3.05, 3.63) is 247 Å². The number of pyridine rings is 1. The molecule has 10 heteroatoms. The molecule has 14 aromatic rings. The van der Waals surface area contributed by atoms with Crippen LogP contribution >= 0.6 is 0 Å². The van der Waals surface area contributed by atoms with Gasteiger partial charge >= 0.3 is 0 Å². The molecular weight excluding hydrogens is 957 g/mol. The molecule has 0 saturated heterocycles. The van der Waals surface area contributed by atoms with Crippen LogP contribution in [-0.2, 0) is 0 Å². The predicted molar refractivity (Wildman–Crippen MR) is 312 cm³/mol. The Morgan fingerprint density at radius 1 is 0.282 bits per heavy atom. The van der Waals surface area contributed by atoms with E-state index in [-0.39, 0.29) is 0 Å². The number of hydrogen-bond acceptors (Lipinski definition) is 8. The van der Waals surface area contributed by atoms with Crippen LogP contribution in [0.4, 0.5) is 0 Å². The number of fused-ring (bicyclic) bond motifs is 6. The Labute approximate surface area is 449 Å². The van der Waals surface area contributed by atoms with Crippen LogP contribution in [0.3, 0.4) is 0 Å². The number of para-hydroxylation sites is 2. The Morgan fingerprint density at radius 2 is 0.590 bits per heavy atom. The normalized spacial score (nSPS) is 11.4. The standard InChI is InChI=1S/C68H44N10/c1-42-35-50(36-43(2)70-42)51-39-61(77-57-29-17-15-27-52(57)54-33-31-48(37-59(54)77)67-73-63(44-19-7-3-8-20-44)71-64(74-67)45-21-9-4-10-22-45)56(41-69)62(40-51)78-58-30-18-16-28-53(58)55-34-32-49(38-60(55)78)68-75-65(46-23-11-5-12-24-46)72-66(76-68)47-25-13-6-14-26-47/h3-40H,1-2H3. The van der Waals surface area contributed by atoms with Gasteiger partial charge in [-0.3, -0.25) is 4.98 Å². The highest BCUT2D eigenvalue weighted by atomic mass is 15.1. The van der Waals surface area contributed by atoms with Gasteiger partial charge in [0, 0.05) is 66.3 Å². The van der Waals surface area contributed by atoms with Crippen LogP contribution in [0.2, 0.25) is 0 Å². The maximum Gasteiger partial charge on any atom is 0.164 e. The van der Waals surface area contributed by atoms with E-state index in [0.29, 0.717) is 51.9 Å².